The Morgan fingerprint density at radius 2 is 0.419 bits per heavy atom. The molecule has 0 aromatic heterocycles. The van der Waals surface area contributed by atoms with Crippen LogP contribution in [0.25, 0.3) is 35.4 Å². The number of nitrogens with zero attached hydrogens (tertiary/aromatic N) is 2. The predicted molar refractivity (Wildman–Crippen MR) is 279 cm³/mol. The fourth-order valence-corrected chi connectivity index (χ4v) is 8.88. The Morgan fingerprint density at radius 3 is 0.613 bits per heavy atom. The van der Waals surface area contributed by atoms with Gasteiger partial charge in [-0.1, -0.05) is 97.1 Å². The van der Waals surface area contributed by atoms with Crippen molar-refractivity contribution in [1.82, 2.24) is 0 Å². The van der Waals surface area contributed by atoms with Gasteiger partial charge in [0.05, 0.1) is 0 Å². The molecule has 0 saturated heterocycles. The maximum absolute atomic E-state index is 2.32. The van der Waals surface area contributed by atoms with Crippen molar-refractivity contribution in [3.8, 4) is 11.1 Å². The summed E-state index contributed by atoms with van der Waals surface area (Å²) in [4.78, 5) is 9.65. The first-order valence-corrected chi connectivity index (χ1v) is 25.3. The molecule has 0 radical (unpaired) electrons. The van der Waals surface area contributed by atoms with E-state index < -0.39 is 0 Å². The van der Waals surface area contributed by atoms with E-state index in [1.807, 2.05) is 0 Å². The van der Waals surface area contributed by atoms with E-state index in [0.717, 1.165) is 56.4 Å². The lowest BCUT2D eigenvalue weighted by Gasteiger charge is -2.26. The van der Waals surface area contributed by atoms with E-state index >= 15 is 0 Å². The highest BCUT2D eigenvalue weighted by atomic mass is 32.2. The number of hydrogen-bond donors (Lipinski definition) is 0. The molecular weight excluding hydrogens is 829 g/mol. The van der Waals surface area contributed by atoms with Gasteiger partial charge in [0, 0.05) is 53.7 Å². The third-order valence-electron chi connectivity index (χ3n) is 10.7. The Bertz CT molecular complexity index is 2420. The summed E-state index contributed by atoms with van der Waals surface area (Å²) in [6.07, 6.45) is 17.2. The van der Waals surface area contributed by atoms with Crippen molar-refractivity contribution in [2.75, 3.05) is 34.8 Å². The minimum absolute atomic E-state index is 1.13. The topological polar surface area (TPSA) is 6.48 Å². The van der Waals surface area contributed by atoms with Gasteiger partial charge in [-0.15, -0.1) is 47.0 Å². The number of anilines is 6. The normalized spacial score (nSPS) is 11.4. The van der Waals surface area contributed by atoms with E-state index in [1.54, 1.807) is 47.0 Å². The summed E-state index contributed by atoms with van der Waals surface area (Å²) in [5, 5.41) is 0. The van der Waals surface area contributed by atoms with Crippen molar-refractivity contribution >= 4 is 105 Å². The monoisotopic (exact) mass is 876 g/mol. The lowest BCUT2D eigenvalue weighted by Crippen LogP contribution is -2.09. The molecule has 0 aliphatic carbocycles. The second kappa shape index (κ2) is 20.9. The van der Waals surface area contributed by atoms with Gasteiger partial charge in [-0.05, 0) is 180 Å². The van der Waals surface area contributed by atoms with Gasteiger partial charge in [0.1, 0.15) is 0 Å². The molecule has 62 heavy (non-hydrogen) atoms. The molecule has 0 amide bonds. The van der Waals surface area contributed by atoms with Crippen LogP contribution in [0.3, 0.4) is 0 Å². The molecule has 306 valence electrons. The standard InChI is InChI=1S/C56H48N2S4/c1-59-53-33-25-49(26-34-53)57(50-27-35-54(60-2)36-28-50)47-21-13-43(14-22-47)7-5-41-9-17-45(18-10-41)46-19-11-42(12-20-46)6-8-44-15-23-48(24-16-44)58(51-29-37-55(61-3)38-30-51)52-31-39-56(62-4)40-32-52/h5-40H,1-4H3/b7-5+,8-6?. The van der Waals surface area contributed by atoms with Crippen molar-refractivity contribution in [2.45, 2.75) is 19.6 Å². The fourth-order valence-electron chi connectivity index (χ4n) is 7.25. The Balaban J connectivity index is 0.909. The SMILES string of the molecule is CSc1ccc(N(c2ccc(C=Cc3ccc(-c4ccc(/C=C/c5ccc(N(c6ccc(SC)cc6)c6ccc(SC)cc6)cc5)cc4)cc3)cc2)c2ccc(SC)cc2)cc1. The Hall–Kier alpha value is -5.76. The molecule has 8 aromatic carbocycles. The average Bonchev–Trinajstić information content (AvgIpc) is 3.35. The Kier molecular flexibility index (Phi) is 14.4. The Morgan fingerprint density at radius 1 is 0.242 bits per heavy atom. The van der Waals surface area contributed by atoms with Crippen LogP contribution in [0.4, 0.5) is 34.1 Å². The minimum atomic E-state index is 1.13. The van der Waals surface area contributed by atoms with Gasteiger partial charge in [-0.25, -0.2) is 0 Å². The molecule has 2 nitrogen and oxygen atoms in total. The van der Waals surface area contributed by atoms with Gasteiger partial charge in [-0.3, -0.25) is 0 Å². The van der Waals surface area contributed by atoms with Gasteiger partial charge >= 0.3 is 0 Å². The summed E-state index contributed by atoms with van der Waals surface area (Å²) in [5.41, 5.74) is 13.8. The molecule has 0 N–H and O–H groups in total. The molecule has 0 aliphatic rings. The quantitative estimate of drug-likeness (QED) is 0.0742. The second-order valence-corrected chi connectivity index (χ2v) is 18.1. The molecule has 0 saturated carbocycles. The molecule has 0 bridgehead atoms. The van der Waals surface area contributed by atoms with Crippen LogP contribution in [-0.4, -0.2) is 25.0 Å². The first-order chi connectivity index (χ1) is 30.5. The van der Waals surface area contributed by atoms with Crippen LogP contribution >= 0.6 is 47.0 Å². The van der Waals surface area contributed by atoms with Crippen LogP contribution < -0.4 is 9.80 Å². The molecule has 0 heterocycles. The molecule has 8 aromatic rings. The second-order valence-electron chi connectivity index (χ2n) is 14.6. The summed E-state index contributed by atoms with van der Waals surface area (Å²) in [5.74, 6) is 0. The third-order valence-corrected chi connectivity index (χ3v) is 13.7. The van der Waals surface area contributed by atoms with Crippen LogP contribution in [0.15, 0.2) is 214 Å². The third kappa shape index (κ3) is 10.6. The zero-order valence-corrected chi connectivity index (χ0v) is 38.6. The largest absolute Gasteiger partial charge is 0.311 e. The van der Waals surface area contributed by atoms with E-state index in [4.69, 9.17) is 0 Å². The van der Waals surface area contributed by atoms with Gasteiger partial charge in [0.15, 0.2) is 0 Å². The van der Waals surface area contributed by atoms with Gasteiger partial charge in [-0.2, -0.15) is 0 Å². The molecule has 0 atom stereocenters. The molecule has 6 heteroatoms. The van der Waals surface area contributed by atoms with Crippen LogP contribution in [-0.2, 0) is 0 Å². The summed E-state index contributed by atoms with van der Waals surface area (Å²) in [6, 6.07) is 70.3. The first kappa shape index (κ1) is 42.9. The average molecular weight is 877 g/mol. The Labute approximate surface area is 384 Å². The summed E-state index contributed by atoms with van der Waals surface area (Å²) < 4.78 is 0. The summed E-state index contributed by atoms with van der Waals surface area (Å²) in [6.45, 7) is 0. The van der Waals surface area contributed by atoms with Crippen molar-refractivity contribution in [3.63, 3.8) is 0 Å². The van der Waals surface area contributed by atoms with Crippen molar-refractivity contribution in [3.05, 3.63) is 216 Å². The van der Waals surface area contributed by atoms with Gasteiger partial charge in [0.25, 0.3) is 0 Å². The number of thioether (sulfide) groups is 4. The van der Waals surface area contributed by atoms with Crippen LogP contribution in [0.5, 0.6) is 0 Å². The number of benzene rings is 8. The smallest absolute Gasteiger partial charge is 0.0462 e. The molecule has 0 spiro atoms. The number of hydrogen-bond acceptors (Lipinski definition) is 6. The molecule has 8 rings (SSSR count). The fraction of sp³-hybridized carbons (Fsp3) is 0.0714. The summed E-state index contributed by atoms with van der Waals surface area (Å²) >= 11 is 7.04. The van der Waals surface area contributed by atoms with E-state index in [2.05, 4.69) is 253 Å². The summed E-state index contributed by atoms with van der Waals surface area (Å²) in [7, 11) is 0. The predicted octanol–water partition coefficient (Wildman–Crippen LogP) is 17.5. The number of rotatable bonds is 15. The van der Waals surface area contributed by atoms with Crippen LogP contribution in [0.1, 0.15) is 22.3 Å². The lowest BCUT2D eigenvalue weighted by molar-refractivity contribution is 1.26. The first-order valence-electron chi connectivity index (χ1n) is 20.4. The zero-order valence-electron chi connectivity index (χ0n) is 35.3. The highest BCUT2D eigenvalue weighted by Gasteiger charge is 2.14. The maximum Gasteiger partial charge on any atom is 0.0462 e. The zero-order chi connectivity index (χ0) is 42.7. The van der Waals surface area contributed by atoms with Crippen molar-refractivity contribution in [1.29, 1.82) is 0 Å². The van der Waals surface area contributed by atoms with Crippen molar-refractivity contribution < 1.29 is 0 Å². The highest BCUT2D eigenvalue weighted by molar-refractivity contribution is 7.99. The van der Waals surface area contributed by atoms with Crippen LogP contribution in [0.2, 0.25) is 0 Å². The van der Waals surface area contributed by atoms with Gasteiger partial charge < -0.3 is 9.80 Å². The highest BCUT2D eigenvalue weighted by Crippen LogP contribution is 2.38. The van der Waals surface area contributed by atoms with E-state index in [1.165, 1.54) is 30.7 Å². The lowest BCUT2D eigenvalue weighted by atomic mass is 10.0. The van der Waals surface area contributed by atoms with E-state index in [0.29, 0.717) is 0 Å². The molecular formula is C56H48N2S4. The van der Waals surface area contributed by atoms with E-state index in [-0.39, 0.29) is 0 Å². The van der Waals surface area contributed by atoms with Crippen LogP contribution in [0, 0.1) is 0 Å². The maximum atomic E-state index is 2.32. The van der Waals surface area contributed by atoms with Crippen molar-refractivity contribution in [2.24, 2.45) is 0 Å². The van der Waals surface area contributed by atoms with Gasteiger partial charge in [0.2, 0.25) is 0 Å². The molecule has 0 fully saturated rings. The minimum Gasteiger partial charge on any atom is -0.311 e. The van der Waals surface area contributed by atoms with E-state index in [9.17, 15) is 0 Å². The molecule has 0 aliphatic heterocycles. The molecule has 0 unspecified atom stereocenters.